The summed E-state index contributed by atoms with van der Waals surface area (Å²) in [6, 6.07) is 0. The topological polar surface area (TPSA) is 29.1 Å². The lowest BCUT2D eigenvalue weighted by atomic mass is 10.4. The Morgan fingerprint density at radius 1 is 1.40 bits per heavy atom. The first-order chi connectivity index (χ1) is 4.81. The Labute approximate surface area is 70.9 Å². The van der Waals surface area contributed by atoms with Crippen LogP contribution in [0.25, 0.3) is 0 Å². The number of carbonyl (C=O) groups is 1. The molecule has 0 aromatic heterocycles. The molecule has 0 bridgehead atoms. The minimum Gasteiger partial charge on any atom is -0.356 e. The lowest BCUT2D eigenvalue weighted by Gasteiger charge is -1.80. The second kappa shape index (κ2) is 7.16. The van der Waals surface area contributed by atoms with E-state index in [1.165, 1.54) is 0 Å². The van der Waals surface area contributed by atoms with Crippen LogP contribution in [0.15, 0.2) is 0 Å². The van der Waals surface area contributed by atoms with E-state index in [-0.39, 0.29) is 5.91 Å². The molecule has 0 aromatic rings. The van der Waals surface area contributed by atoms with Gasteiger partial charge in [-0.15, -0.1) is 23.2 Å². The average Bonchev–Trinajstić information content (AvgIpc) is 2.40. The van der Waals surface area contributed by atoms with Crippen molar-refractivity contribution in [3.63, 3.8) is 0 Å². The molecule has 1 rings (SSSR count). The maximum atomic E-state index is 10.1. The van der Waals surface area contributed by atoms with Gasteiger partial charge in [0.05, 0.1) is 0 Å². The largest absolute Gasteiger partial charge is 0.356 e. The summed E-state index contributed by atoms with van der Waals surface area (Å²) in [6.45, 7) is 0.888. The first-order valence-corrected chi connectivity index (χ1v) is 4.26. The summed E-state index contributed by atoms with van der Waals surface area (Å²) in [5.41, 5.74) is 0. The summed E-state index contributed by atoms with van der Waals surface area (Å²) in [6.07, 6.45) is 1.76. The van der Waals surface area contributed by atoms with E-state index in [1.54, 1.807) is 0 Å². The van der Waals surface area contributed by atoms with Crippen molar-refractivity contribution in [2.75, 3.05) is 18.3 Å². The highest BCUT2D eigenvalue weighted by Crippen LogP contribution is 1.93. The van der Waals surface area contributed by atoms with Crippen molar-refractivity contribution < 1.29 is 4.79 Å². The van der Waals surface area contributed by atoms with Gasteiger partial charge in [0.15, 0.2) is 0 Å². The monoisotopic (exact) mass is 183 g/mol. The van der Waals surface area contributed by atoms with Crippen LogP contribution in [0.3, 0.4) is 0 Å². The van der Waals surface area contributed by atoms with Crippen molar-refractivity contribution in [1.29, 1.82) is 0 Å². The molecule has 2 nitrogen and oxygen atoms in total. The van der Waals surface area contributed by atoms with Crippen LogP contribution < -0.4 is 5.32 Å². The normalized spacial score (nSPS) is 15.6. The van der Waals surface area contributed by atoms with Crippen molar-refractivity contribution in [2.24, 2.45) is 0 Å². The third-order valence-electron chi connectivity index (χ3n) is 0.974. The average molecular weight is 184 g/mol. The zero-order valence-corrected chi connectivity index (χ0v) is 7.21. The quantitative estimate of drug-likeness (QED) is 0.612. The van der Waals surface area contributed by atoms with Crippen LogP contribution in [0.5, 0.6) is 0 Å². The number of carbonyl (C=O) groups excluding carboxylic acids is 1. The van der Waals surface area contributed by atoms with E-state index in [9.17, 15) is 4.79 Å². The lowest BCUT2D eigenvalue weighted by Crippen LogP contribution is -2.12. The van der Waals surface area contributed by atoms with Crippen molar-refractivity contribution in [3.8, 4) is 0 Å². The van der Waals surface area contributed by atoms with Gasteiger partial charge in [-0.3, -0.25) is 4.79 Å². The van der Waals surface area contributed by atoms with Crippen molar-refractivity contribution in [3.05, 3.63) is 0 Å². The number of hydrogen-bond donors (Lipinski definition) is 1. The second-order valence-electron chi connectivity index (χ2n) is 1.83. The molecule has 1 N–H and O–H groups in total. The molecule has 0 aromatic carbocycles. The van der Waals surface area contributed by atoms with Gasteiger partial charge in [-0.05, 0) is 6.42 Å². The van der Waals surface area contributed by atoms with Crippen molar-refractivity contribution in [1.82, 2.24) is 5.32 Å². The van der Waals surface area contributed by atoms with Gasteiger partial charge in [0.2, 0.25) is 5.91 Å². The van der Waals surface area contributed by atoms with Crippen LogP contribution in [0.2, 0.25) is 0 Å². The number of hydrogen-bond acceptors (Lipinski definition) is 1. The molecule has 60 valence electrons. The van der Waals surface area contributed by atoms with Crippen LogP contribution in [0, 0.1) is 0 Å². The molecule has 0 saturated carbocycles. The minimum absolute atomic E-state index is 0.204. The standard InChI is InChI=1S/C4H7NO.C2H4Cl2/c6-4-2-1-3-5-4;3-1-2-4/h1-3H2,(H,5,6);1-2H2. The summed E-state index contributed by atoms with van der Waals surface area (Å²) in [5, 5.41) is 2.68. The van der Waals surface area contributed by atoms with E-state index < -0.39 is 0 Å². The van der Waals surface area contributed by atoms with E-state index in [2.05, 4.69) is 5.32 Å². The van der Waals surface area contributed by atoms with Gasteiger partial charge in [0.1, 0.15) is 0 Å². The van der Waals surface area contributed by atoms with Crippen molar-refractivity contribution in [2.45, 2.75) is 12.8 Å². The third-order valence-corrected chi connectivity index (χ3v) is 1.55. The number of halogens is 2. The lowest BCUT2D eigenvalue weighted by molar-refractivity contribution is -0.119. The van der Waals surface area contributed by atoms with E-state index in [4.69, 9.17) is 23.2 Å². The molecule has 0 unspecified atom stereocenters. The Kier molecular flexibility index (Phi) is 7.20. The van der Waals surface area contributed by atoms with Gasteiger partial charge < -0.3 is 5.32 Å². The zero-order chi connectivity index (χ0) is 7.82. The third kappa shape index (κ3) is 6.17. The Bertz CT molecular complexity index is 87.7. The fourth-order valence-electron chi connectivity index (χ4n) is 0.565. The summed E-state index contributed by atoms with van der Waals surface area (Å²) in [7, 11) is 0. The molecule has 1 aliphatic heterocycles. The van der Waals surface area contributed by atoms with Crippen LogP contribution in [0.1, 0.15) is 12.8 Å². The van der Waals surface area contributed by atoms with Gasteiger partial charge in [-0.25, -0.2) is 0 Å². The van der Waals surface area contributed by atoms with E-state index in [0.717, 1.165) is 19.4 Å². The van der Waals surface area contributed by atoms with Gasteiger partial charge in [-0.2, -0.15) is 0 Å². The fraction of sp³-hybridized carbons (Fsp3) is 0.833. The number of alkyl halides is 2. The Hall–Kier alpha value is 0.0500. The van der Waals surface area contributed by atoms with E-state index >= 15 is 0 Å². The summed E-state index contributed by atoms with van der Waals surface area (Å²) in [4.78, 5) is 10.1. The molecule has 1 heterocycles. The molecule has 1 aliphatic rings. The van der Waals surface area contributed by atoms with E-state index in [0.29, 0.717) is 11.8 Å². The first kappa shape index (κ1) is 10.0. The highest BCUT2D eigenvalue weighted by molar-refractivity contribution is 6.25. The molecular formula is C6H11Cl2NO. The highest BCUT2D eigenvalue weighted by atomic mass is 35.5. The van der Waals surface area contributed by atoms with E-state index in [1.807, 2.05) is 0 Å². The molecule has 10 heavy (non-hydrogen) atoms. The maximum absolute atomic E-state index is 10.1. The summed E-state index contributed by atoms with van der Waals surface area (Å²) >= 11 is 10.1. The van der Waals surface area contributed by atoms with Gasteiger partial charge in [-0.1, -0.05) is 0 Å². The van der Waals surface area contributed by atoms with Gasteiger partial charge >= 0.3 is 0 Å². The van der Waals surface area contributed by atoms with Crippen molar-refractivity contribution >= 4 is 29.1 Å². The molecule has 1 fully saturated rings. The van der Waals surface area contributed by atoms with Gasteiger partial charge in [0, 0.05) is 24.7 Å². The van der Waals surface area contributed by atoms with Crippen LogP contribution in [-0.4, -0.2) is 24.2 Å². The fourth-order valence-corrected chi connectivity index (χ4v) is 0.565. The molecular weight excluding hydrogens is 173 g/mol. The Morgan fingerprint density at radius 2 is 2.00 bits per heavy atom. The summed E-state index contributed by atoms with van der Waals surface area (Å²) in [5.74, 6) is 1.32. The number of nitrogens with one attached hydrogen (secondary N) is 1. The van der Waals surface area contributed by atoms with Crippen LogP contribution in [-0.2, 0) is 4.79 Å². The number of amides is 1. The first-order valence-electron chi connectivity index (χ1n) is 3.20. The molecule has 0 atom stereocenters. The SMILES string of the molecule is ClCCCl.O=C1CCCN1. The predicted molar refractivity (Wildman–Crippen MR) is 43.7 cm³/mol. The van der Waals surface area contributed by atoms with Gasteiger partial charge in [0.25, 0.3) is 0 Å². The second-order valence-corrected chi connectivity index (χ2v) is 2.59. The Morgan fingerprint density at radius 3 is 2.10 bits per heavy atom. The molecule has 4 heteroatoms. The molecule has 1 amide bonds. The summed E-state index contributed by atoms with van der Waals surface area (Å²) < 4.78 is 0. The van der Waals surface area contributed by atoms with Crippen LogP contribution in [0.4, 0.5) is 0 Å². The molecule has 0 spiro atoms. The minimum atomic E-state index is 0.204. The molecule has 0 radical (unpaired) electrons. The van der Waals surface area contributed by atoms with Crippen LogP contribution >= 0.6 is 23.2 Å². The maximum Gasteiger partial charge on any atom is 0.220 e. The highest BCUT2D eigenvalue weighted by Gasteiger charge is 2.05. The predicted octanol–water partition coefficient (Wildman–Crippen LogP) is 1.36. The zero-order valence-electron chi connectivity index (χ0n) is 5.70. The smallest absolute Gasteiger partial charge is 0.220 e. The number of rotatable bonds is 1. The molecule has 1 saturated heterocycles. The Balaban J connectivity index is 0.000000180. The molecule has 0 aliphatic carbocycles.